The van der Waals surface area contributed by atoms with Crippen molar-refractivity contribution in [1.82, 2.24) is 0 Å². The number of carboxylic acid groups (broad SMARTS) is 1. The molecule has 120 valence electrons. The van der Waals surface area contributed by atoms with E-state index in [2.05, 4.69) is 6.58 Å². The first-order valence-electron chi connectivity index (χ1n) is 6.80. The number of rotatable bonds is 7. The topological polar surface area (TPSA) is 46.5 Å². The zero-order valence-electron chi connectivity index (χ0n) is 12.7. The Morgan fingerprint density at radius 3 is 2.59 bits per heavy atom. The summed E-state index contributed by atoms with van der Waals surface area (Å²) in [4.78, 5) is 11.0. The van der Waals surface area contributed by atoms with Gasteiger partial charge in [-0.1, -0.05) is 56.3 Å². The number of alkyl halides is 1. The molecule has 0 atom stereocenters. The van der Waals surface area contributed by atoms with Crippen molar-refractivity contribution in [1.29, 1.82) is 0 Å². The molecule has 0 aliphatic carbocycles. The molecule has 0 aliphatic rings. The lowest BCUT2D eigenvalue weighted by Gasteiger charge is -2.07. The van der Waals surface area contributed by atoms with Crippen molar-refractivity contribution in [2.45, 2.75) is 20.3 Å². The molecule has 0 aliphatic heterocycles. The number of carbonyl (C=O) groups is 1. The minimum Gasteiger partial charge on any atom is -0.478 e. The Hall–Kier alpha value is -1.71. The van der Waals surface area contributed by atoms with E-state index in [0.29, 0.717) is 23.1 Å². The Morgan fingerprint density at radius 2 is 2.00 bits per heavy atom. The molecule has 0 radical (unpaired) electrons. The Bertz CT molecular complexity index is 549. The first kappa shape index (κ1) is 20.3. The van der Waals surface area contributed by atoms with E-state index < -0.39 is 5.97 Å². The number of carboxylic acids is 1. The summed E-state index contributed by atoms with van der Waals surface area (Å²) in [5, 5.41) is 9.64. The van der Waals surface area contributed by atoms with E-state index in [1.165, 1.54) is 6.07 Å². The van der Waals surface area contributed by atoms with Crippen molar-refractivity contribution < 1.29 is 14.6 Å². The number of aromatic carboxylic acids is 1. The number of hydrogen-bond acceptors (Lipinski definition) is 2. The van der Waals surface area contributed by atoms with Gasteiger partial charge in [0.25, 0.3) is 0 Å². The third kappa shape index (κ3) is 7.91. The molecule has 0 saturated heterocycles. The maximum Gasteiger partial charge on any atom is 0.339 e. The SMILES string of the molecule is C=C(/C=C\C/C(Cl)=C\CCl)Oc1ccccc1C(=O)O.CC. The largest absolute Gasteiger partial charge is 0.478 e. The molecule has 0 heterocycles. The molecule has 22 heavy (non-hydrogen) atoms. The maximum atomic E-state index is 11.0. The minimum atomic E-state index is -1.05. The number of hydrogen-bond donors (Lipinski definition) is 1. The highest BCUT2D eigenvalue weighted by Crippen LogP contribution is 2.20. The van der Waals surface area contributed by atoms with E-state index in [-0.39, 0.29) is 11.3 Å². The van der Waals surface area contributed by atoms with Gasteiger partial charge in [0.2, 0.25) is 0 Å². The van der Waals surface area contributed by atoms with Crippen LogP contribution in [-0.4, -0.2) is 17.0 Å². The van der Waals surface area contributed by atoms with Crippen LogP contribution in [0.4, 0.5) is 0 Å². The molecule has 0 fully saturated rings. The molecular weight excluding hydrogens is 323 g/mol. The fourth-order valence-corrected chi connectivity index (χ4v) is 1.81. The predicted octanol–water partition coefficient (Wildman–Crippen LogP) is 5.61. The Balaban J connectivity index is 0.00000211. The Kier molecular flexibility index (Phi) is 11.0. The molecule has 1 rings (SSSR count). The molecule has 0 saturated carbocycles. The van der Waals surface area contributed by atoms with Crippen LogP contribution in [0.3, 0.4) is 0 Å². The number of benzene rings is 1. The standard InChI is InChI=1S/C15H14Cl2O3.C2H6/c1-11(5-4-6-12(17)9-10-16)20-14-8-3-2-7-13(14)15(18)19;1-2/h2-5,7-9H,1,6,10H2,(H,18,19);1-2H3/b5-4-,12-9+;. The van der Waals surface area contributed by atoms with Crippen molar-refractivity contribution in [2.75, 3.05) is 5.88 Å². The number of allylic oxidation sites excluding steroid dienone is 4. The number of para-hydroxylation sites is 1. The Labute approximate surface area is 141 Å². The third-order valence-electron chi connectivity index (χ3n) is 2.27. The van der Waals surface area contributed by atoms with Crippen molar-refractivity contribution in [3.8, 4) is 5.75 Å². The van der Waals surface area contributed by atoms with Gasteiger partial charge >= 0.3 is 5.97 Å². The van der Waals surface area contributed by atoms with Crippen LogP contribution in [0.5, 0.6) is 5.75 Å². The van der Waals surface area contributed by atoms with Gasteiger partial charge in [0, 0.05) is 17.3 Å². The zero-order chi connectivity index (χ0) is 17.0. The second-order valence-electron chi connectivity index (χ2n) is 3.78. The molecular formula is C17H20Cl2O3. The Morgan fingerprint density at radius 1 is 1.36 bits per heavy atom. The molecule has 0 spiro atoms. The van der Waals surface area contributed by atoms with Crippen molar-refractivity contribution in [2.24, 2.45) is 0 Å². The highest BCUT2D eigenvalue weighted by atomic mass is 35.5. The lowest BCUT2D eigenvalue weighted by molar-refractivity contribution is 0.0694. The molecule has 1 N–H and O–H groups in total. The average Bonchev–Trinajstić information content (AvgIpc) is 2.50. The summed E-state index contributed by atoms with van der Waals surface area (Å²) >= 11 is 11.4. The summed E-state index contributed by atoms with van der Waals surface area (Å²) in [5.74, 6) is -0.118. The van der Waals surface area contributed by atoms with Crippen LogP contribution < -0.4 is 4.74 Å². The van der Waals surface area contributed by atoms with E-state index >= 15 is 0 Å². The molecule has 0 amide bonds. The summed E-state index contributed by atoms with van der Waals surface area (Å²) in [6.07, 6.45) is 5.59. The number of ether oxygens (including phenoxy) is 1. The van der Waals surface area contributed by atoms with Crippen LogP contribution in [0.15, 0.2) is 59.9 Å². The van der Waals surface area contributed by atoms with Gasteiger partial charge in [0.15, 0.2) is 0 Å². The monoisotopic (exact) mass is 342 g/mol. The van der Waals surface area contributed by atoms with E-state index in [1.54, 1.807) is 36.4 Å². The molecule has 0 bridgehead atoms. The quantitative estimate of drug-likeness (QED) is 0.397. The number of halogens is 2. The predicted molar refractivity (Wildman–Crippen MR) is 92.9 cm³/mol. The van der Waals surface area contributed by atoms with Gasteiger partial charge in [-0.2, -0.15) is 0 Å². The van der Waals surface area contributed by atoms with Crippen LogP contribution in [-0.2, 0) is 0 Å². The van der Waals surface area contributed by atoms with Gasteiger partial charge in [-0.25, -0.2) is 4.79 Å². The molecule has 1 aromatic carbocycles. The summed E-state index contributed by atoms with van der Waals surface area (Å²) in [6, 6.07) is 6.36. The first-order valence-corrected chi connectivity index (χ1v) is 7.72. The van der Waals surface area contributed by atoms with E-state index in [4.69, 9.17) is 33.0 Å². The van der Waals surface area contributed by atoms with Crippen molar-refractivity contribution >= 4 is 29.2 Å². The van der Waals surface area contributed by atoms with Gasteiger partial charge in [0.05, 0.1) is 0 Å². The second-order valence-corrected chi connectivity index (χ2v) is 4.58. The second kappa shape index (κ2) is 11.9. The summed E-state index contributed by atoms with van der Waals surface area (Å²) in [6.45, 7) is 7.70. The van der Waals surface area contributed by atoms with E-state index in [0.717, 1.165) is 0 Å². The van der Waals surface area contributed by atoms with Crippen LogP contribution in [0.25, 0.3) is 0 Å². The lowest BCUT2D eigenvalue weighted by atomic mass is 10.2. The highest BCUT2D eigenvalue weighted by Gasteiger charge is 2.10. The normalized spacial score (nSPS) is 10.8. The average molecular weight is 343 g/mol. The van der Waals surface area contributed by atoms with Crippen LogP contribution >= 0.6 is 23.2 Å². The maximum absolute atomic E-state index is 11.0. The zero-order valence-corrected chi connectivity index (χ0v) is 14.2. The highest BCUT2D eigenvalue weighted by molar-refractivity contribution is 6.30. The van der Waals surface area contributed by atoms with Gasteiger partial charge in [-0.15, -0.1) is 11.6 Å². The summed E-state index contributed by atoms with van der Waals surface area (Å²) in [5.41, 5.74) is 0.0853. The van der Waals surface area contributed by atoms with Gasteiger partial charge in [0.1, 0.15) is 17.1 Å². The van der Waals surface area contributed by atoms with Gasteiger partial charge in [-0.05, 0) is 18.2 Å². The fraction of sp³-hybridized carbons (Fsp3) is 0.235. The molecule has 0 unspecified atom stereocenters. The van der Waals surface area contributed by atoms with Crippen LogP contribution in [0, 0.1) is 0 Å². The lowest BCUT2D eigenvalue weighted by Crippen LogP contribution is -2.01. The first-order chi connectivity index (χ1) is 10.5. The minimum absolute atomic E-state index is 0.0853. The van der Waals surface area contributed by atoms with E-state index in [1.807, 2.05) is 13.8 Å². The van der Waals surface area contributed by atoms with Gasteiger partial charge < -0.3 is 9.84 Å². The smallest absolute Gasteiger partial charge is 0.339 e. The fourth-order valence-electron chi connectivity index (χ4n) is 1.38. The van der Waals surface area contributed by atoms with Crippen LogP contribution in [0.2, 0.25) is 0 Å². The summed E-state index contributed by atoms with van der Waals surface area (Å²) < 4.78 is 5.40. The van der Waals surface area contributed by atoms with Crippen molar-refractivity contribution in [3.63, 3.8) is 0 Å². The third-order valence-corrected chi connectivity index (χ3v) is 2.74. The summed E-state index contributed by atoms with van der Waals surface area (Å²) in [7, 11) is 0. The van der Waals surface area contributed by atoms with Gasteiger partial charge in [-0.3, -0.25) is 0 Å². The molecule has 0 aromatic heterocycles. The molecule has 5 heteroatoms. The van der Waals surface area contributed by atoms with E-state index in [9.17, 15) is 4.79 Å². The molecule has 1 aromatic rings. The van der Waals surface area contributed by atoms with Crippen LogP contribution in [0.1, 0.15) is 30.6 Å². The van der Waals surface area contributed by atoms with Crippen molar-refractivity contribution in [3.05, 3.63) is 65.4 Å². The molecule has 3 nitrogen and oxygen atoms in total.